The van der Waals surface area contributed by atoms with E-state index >= 15 is 0 Å². The second kappa shape index (κ2) is 5.19. The van der Waals surface area contributed by atoms with E-state index in [9.17, 15) is 0 Å². The summed E-state index contributed by atoms with van der Waals surface area (Å²) in [5, 5.41) is 6.77. The highest BCUT2D eigenvalue weighted by Crippen LogP contribution is 2.23. The molecular formula is C15H17N3. The lowest BCUT2D eigenvalue weighted by Gasteiger charge is -2.11. The molecule has 1 saturated heterocycles. The Labute approximate surface area is 107 Å². The quantitative estimate of drug-likeness (QED) is 0.863. The van der Waals surface area contributed by atoms with Gasteiger partial charge in [-0.05, 0) is 43.1 Å². The van der Waals surface area contributed by atoms with Gasteiger partial charge in [-0.15, -0.1) is 0 Å². The van der Waals surface area contributed by atoms with Gasteiger partial charge in [0.15, 0.2) is 0 Å². The van der Waals surface area contributed by atoms with E-state index in [4.69, 9.17) is 0 Å². The van der Waals surface area contributed by atoms with E-state index < -0.39 is 0 Å². The highest BCUT2D eigenvalue weighted by atomic mass is 15.0. The Hall–Kier alpha value is -1.87. The second-order valence-corrected chi connectivity index (χ2v) is 4.62. The molecule has 92 valence electrons. The summed E-state index contributed by atoms with van der Waals surface area (Å²) in [5.74, 6) is 0.892. The summed E-state index contributed by atoms with van der Waals surface area (Å²) in [6.07, 6.45) is 4.44. The molecular weight excluding hydrogens is 222 g/mol. The maximum absolute atomic E-state index is 4.47. The van der Waals surface area contributed by atoms with Crippen molar-refractivity contribution in [3.05, 3.63) is 54.2 Å². The first-order chi connectivity index (χ1) is 8.92. The summed E-state index contributed by atoms with van der Waals surface area (Å²) in [6.45, 7) is 1.12. The zero-order chi connectivity index (χ0) is 12.2. The van der Waals surface area contributed by atoms with Crippen LogP contribution in [0.2, 0.25) is 0 Å². The van der Waals surface area contributed by atoms with Crippen molar-refractivity contribution < 1.29 is 0 Å². The molecule has 3 rings (SSSR count). The van der Waals surface area contributed by atoms with Crippen LogP contribution in [0.25, 0.3) is 0 Å². The van der Waals surface area contributed by atoms with Crippen molar-refractivity contribution >= 4 is 11.5 Å². The lowest BCUT2D eigenvalue weighted by atomic mass is 10.1. The molecule has 3 nitrogen and oxygen atoms in total. The number of hydrogen-bond donors (Lipinski definition) is 2. The molecule has 0 saturated carbocycles. The molecule has 1 fully saturated rings. The topological polar surface area (TPSA) is 37.0 Å². The number of nitrogens with one attached hydrogen (secondary N) is 2. The first-order valence-electron chi connectivity index (χ1n) is 6.43. The van der Waals surface area contributed by atoms with Crippen molar-refractivity contribution in [3.8, 4) is 0 Å². The number of nitrogens with zero attached hydrogens (tertiary/aromatic N) is 1. The number of benzene rings is 1. The van der Waals surface area contributed by atoms with E-state index in [1.807, 2.05) is 42.6 Å². The van der Waals surface area contributed by atoms with Gasteiger partial charge in [0.2, 0.25) is 0 Å². The summed E-state index contributed by atoms with van der Waals surface area (Å²) < 4.78 is 0. The van der Waals surface area contributed by atoms with Gasteiger partial charge in [0.25, 0.3) is 0 Å². The molecule has 1 aliphatic heterocycles. The lowest BCUT2D eigenvalue weighted by molar-refractivity contribution is 0.645. The third-order valence-corrected chi connectivity index (χ3v) is 3.30. The Balaban J connectivity index is 1.71. The van der Waals surface area contributed by atoms with Crippen LogP contribution in [0.15, 0.2) is 48.7 Å². The van der Waals surface area contributed by atoms with Gasteiger partial charge >= 0.3 is 0 Å². The number of para-hydroxylation sites is 1. The third kappa shape index (κ3) is 2.51. The average molecular weight is 239 g/mol. The molecule has 1 aromatic heterocycles. The number of hydrogen-bond acceptors (Lipinski definition) is 3. The van der Waals surface area contributed by atoms with Gasteiger partial charge in [0, 0.05) is 17.9 Å². The van der Waals surface area contributed by atoms with Gasteiger partial charge in [-0.3, -0.25) is 0 Å². The van der Waals surface area contributed by atoms with Gasteiger partial charge in [0.1, 0.15) is 5.82 Å². The Bertz CT molecular complexity index is 487. The van der Waals surface area contributed by atoms with Crippen LogP contribution in [-0.4, -0.2) is 11.5 Å². The fraction of sp³-hybridized carbons (Fsp3) is 0.267. The van der Waals surface area contributed by atoms with Crippen LogP contribution in [0.5, 0.6) is 0 Å². The Morgan fingerprint density at radius 1 is 1.11 bits per heavy atom. The molecule has 2 N–H and O–H groups in total. The minimum atomic E-state index is 0.489. The predicted octanol–water partition coefficient (Wildman–Crippen LogP) is 3.25. The third-order valence-electron chi connectivity index (χ3n) is 3.30. The van der Waals surface area contributed by atoms with E-state index in [1.54, 1.807) is 0 Å². The van der Waals surface area contributed by atoms with Crippen molar-refractivity contribution in [1.82, 2.24) is 10.3 Å². The number of rotatable bonds is 3. The summed E-state index contributed by atoms with van der Waals surface area (Å²) in [5.41, 5.74) is 2.35. The van der Waals surface area contributed by atoms with Crippen LogP contribution < -0.4 is 10.6 Å². The average Bonchev–Trinajstić information content (AvgIpc) is 2.95. The Morgan fingerprint density at radius 2 is 2.00 bits per heavy atom. The predicted molar refractivity (Wildman–Crippen MR) is 73.9 cm³/mol. The van der Waals surface area contributed by atoms with Crippen LogP contribution in [0, 0.1) is 0 Å². The van der Waals surface area contributed by atoms with Gasteiger partial charge in [-0.2, -0.15) is 0 Å². The highest BCUT2D eigenvalue weighted by Gasteiger charge is 2.15. The van der Waals surface area contributed by atoms with E-state index in [2.05, 4.69) is 21.7 Å². The van der Waals surface area contributed by atoms with Crippen LogP contribution in [-0.2, 0) is 0 Å². The molecule has 0 unspecified atom stereocenters. The van der Waals surface area contributed by atoms with Gasteiger partial charge < -0.3 is 10.6 Å². The molecule has 0 bridgehead atoms. The lowest BCUT2D eigenvalue weighted by Crippen LogP contribution is -2.13. The molecule has 3 heteroatoms. The van der Waals surface area contributed by atoms with Crippen molar-refractivity contribution in [3.63, 3.8) is 0 Å². The zero-order valence-electron chi connectivity index (χ0n) is 10.3. The smallest absolute Gasteiger partial charge is 0.130 e. The van der Waals surface area contributed by atoms with Gasteiger partial charge in [-0.1, -0.05) is 24.3 Å². The van der Waals surface area contributed by atoms with Crippen molar-refractivity contribution in [2.24, 2.45) is 0 Å². The summed E-state index contributed by atoms with van der Waals surface area (Å²) in [4.78, 5) is 4.47. The van der Waals surface area contributed by atoms with Crippen LogP contribution in [0.3, 0.4) is 0 Å². The van der Waals surface area contributed by atoms with E-state index in [0.29, 0.717) is 6.04 Å². The molecule has 1 aliphatic rings. The van der Waals surface area contributed by atoms with Crippen molar-refractivity contribution in [2.45, 2.75) is 18.9 Å². The number of pyridine rings is 1. The summed E-state index contributed by atoms with van der Waals surface area (Å²) in [7, 11) is 0. The number of aromatic nitrogens is 1. The second-order valence-electron chi connectivity index (χ2n) is 4.62. The Morgan fingerprint density at radius 3 is 2.67 bits per heavy atom. The van der Waals surface area contributed by atoms with Crippen molar-refractivity contribution in [1.29, 1.82) is 0 Å². The summed E-state index contributed by atoms with van der Waals surface area (Å²) in [6, 6.07) is 14.8. The standard InChI is InChI=1S/C15H17N3/c1-2-5-13(6-3-1)18-15-9-8-12(11-17-15)14-7-4-10-16-14/h1-3,5-6,8-9,11,14,16H,4,7,10H2,(H,17,18)/t14-/m1/s1. The minimum absolute atomic E-state index is 0.489. The molecule has 0 spiro atoms. The molecule has 1 atom stereocenters. The largest absolute Gasteiger partial charge is 0.340 e. The highest BCUT2D eigenvalue weighted by molar-refractivity contribution is 5.55. The molecule has 1 aromatic carbocycles. The maximum Gasteiger partial charge on any atom is 0.130 e. The van der Waals surface area contributed by atoms with E-state index in [0.717, 1.165) is 18.1 Å². The van der Waals surface area contributed by atoms with Gasteiger partial charge in [-0.25, -0.2) is 4.98 Å². The monoisotopic (exact) mass is 239 g/mol. The van der Waals surface area contributed by atoms with Gasteiger partial charge in [0.05, 0.1) is 0 Å². The molecule has 2 heterocycles. The maximum atomic E-state index is 4.47. The van der Waals surface area contributed by atoms with E-state index in [1.165, 1.54) is 18.4 Å². The molecule has 2 aromatic rings. The van der Waals surface area contributed by atoms with E-state index in [-0.39, 0.29) is 0 Å². The summed E-state index contributed by atoms with van der Waals surface area (Å²) >= 11 is 0. The molecule has 0 aliphatic carbocycles. The van der Waals surface area contributed by atoms with Crippen molar-refractivity contribution in [2.75, 3.05) is 11.9 Å². The zero-order valence-corrected chi connectivity index (χ0v) is 10.3. The first-order valence-corrected chi connectivity index (χ1v) is 6.43. The molecule has 0 amide bonds. The SMILES string of the molecule is c1ccc(Nc2ccc([C@H]3CCCN3)cn2)cc1. The van der Waals surface area contributed by atoms with Crippen LogP contribution >= 0.6 is 0 Å². The minimum Gasteiger partial charge on any atom is -0.340 e. The molecule has 18 heavy (non-hydrogen) atoms. The van der Waals surface area contributed by atoms with Crippen LogP contribution in [0.1, 0.15) is 24.4 Å². The first kappa shape index (κ1) is 11.2. The Kier molecular flexibility index (Phi) is 3.24. The fourth-order valence-corrected chi connectivity index (χ4v) is 2.32. The normalized spacial score (nSPS) is 18.8. The molecule has 0 radical (unpaired) electrons. The van der Waals surface area contributed by atoms with Crippen LogP contribution in [0.4, 0.5) is 11.5 Å². The number of anilines is 2. The fourth-order valence-electron chi connectivity index (χ4n) is 2.32.